The number of nitrogens with one attached hydrogen (secondary N) is 2. The lowest BCUT2D eigenvalue weighted by molar-refractivity contribution is -0.137. The number of methoxy groups -OCH3 is 1. The molecule has 0 bridgehead atoms. The molecule has 1 saturated heterocycles. The number of rotatable bonds is 7. The molecule has 186 valence electrons. The molecule has 2 aliphatic rings. The van der Waals surface area contributed by atoms with E-state index >= 15 is 0 Å². The summed E-state index contributed by atoms with van der Waals surface area (Å²) in [6.45, 7) is 3.28. The van der Waals surface area contributed by atoms with Crippen molar-refractivity contribution in [2.45, 2.75) is 26.1 Å². The maximum atomic E-state index is 14.3. The first kappa shape index (κ1) is 23.8. The number of hydrazine groups is 1. The SMILES string of the molecule is COc1ccccc1CNC(=O)CN1NC2c3cc(F)ccc3N(Cc3cccc(C)c3)CC2C1=O. The number of carbonyl (C=O) groups excluding carboxylic acids is 2. The highest BCUT2D eigenvalue weighted by atomic mass is 19.1. The Morgan fingerprint density at radius 1 is 1.14 bits per heavy atom. The van der Waals surface area contributed by atoms with Crippen LogP contribution in [0.5, 0.6) is 5.75 Å². The molecule has 0 saturated carbocycles. The van der Waals surface area contributed by atoms with Crippen molar-refractivity contribution in [2.75, 3.05) is 25.1 Å². The third-order valence-electron chi connectivity index (χ3n) is 6.79. The fourth-order valence-corrected chi connectivity index (χ4v) is 5.08. The molecule has 3 aromatic rings. The van der Waals surface area contributed by atoms with Crippen molar-refractivity contribution >= 4 is 17.5 Å². The minimum absolute atomic E-state index is 0.135. The van der Waals surface area contributed by atoms with Gasteiger partial charge < -0.3 is 15.0 Å². The highest BCUT2D eigenvalue weighted by Gasteiger charge is 2.46. The van der Waals surface area contributed by atoms with Gasteiger partial charge in [-0.3, -0.25) is 14.6 Å². The second-order valence-electron chi connectivity index (χ2n) is 9.30. The van der Waals surface area contributed by atoms with Crippen LogP contribution < -0.4 is 20.4 Å². The number of hydrogen-bond acceptors (Lipinski definition) is 5. The van der Waals surface area contributed by atoms with Gasteiger partial charge in [0.2, 0.25) is 11.8 Å². The van der Waals surface area contributed by atoms with Crippen molar-refractivity contribution in [1.82, 2.24) is 15.8 Å². The van der Waals surface area contributed by atoms with Crippen LogP contribution in [0.15, 0.2) is 66.7 Å². The summed E-state index contributed by atoms with van der Waals surface area (Å²) < 4.78 is 19.6. The van der Waals surface area contributed by atoms with Gasteiger partial charge in [0.25, 0.3) is 0 Å². The maximum absolute atomic E-state index is 14.3. The Morgan fingerprint density at radius 2 is 1.97 bits per heavy atom. The van der Waals surface area contributed by atoms with Crippen LogP contribution >= 0.6 is 0 Å². The Morgan fingerprint density at radius 3 is 2.78 bits per heavy atom. The molecule has 0 aromatic heterocycles. The van der Waals surface area contributed by atoms with Crippen LogP contribution in [0, 0.1) is 18.7 Å². The van der Waals surface area contributed by atoms with Crippen LogP contribution in [0.1, 0.15) is 28.3 Å². The number of carbonyl (C=O) groups is 2. The molecule has 3 aromatic carbocycles. The lowest BCUT2D eigenvalue weighted by Crippen LogP contribution is -2.43. The quantitative estimate of drug-likeness (QED) is 0.533. The summed E-state index contributed by atoms with van der Waals surface area (Å²) in [5, 5.41) is 4.21. The van der Waals surface area contributed by atoms with Gasteiger partial charge in [-0.25, -0.2) is 9.82 Å². The third-order valence-corrected chi connectivity index (χ3v) is 6.79. The van der Waals surface area contributed by atoms with Gasteiger partial charge in [-0.05, 0) is 42.3 Å². The molecule has 36 heavy (non-hydrogen) atoms. The first-order chi connectivity index (χ1) is 17.4. The van der Waals surface area contributed by atoms with Crippen molar-refractivity contribution < 1.29 is 18.7 Å². The lowest BCUT2D eigenvalue weighted by Gasteiger charge is -2.36. The predicted octanol–water partition coefficient (Wildman–Crippen LogP) is 3.48. The number of fused-ring (bicyclic) bond motifs is 3. The van der Waals surface area contributed by atoms with Crippen molar-refractivity contribution in [3.8, 4) is 5.75 Å². The smallest absolute Gasteiger partial charge is 0.244 e. The van der Waals surface area contributed by atoms with E-state index in [-0.39, 0.29) is 36.8 Å². The molecule has 0 aliphatic carbocycles. The van der Waals surface area contributed by atoms with Crippen LogP contribution in [0.2, 0.25) is 0 Å². The monoisotopic (exact) mass is 488 g/mol. The van der Waals surface area contributed by atoms with Gasteiger partial charge in [0.1, 0.15) is 18.1 Å². The average Bonchev–Trinajstić information content (AvgIpc) is 3.18. The van der Waals surface area contributed by atoms with Crippen molar-refractivity contribution in [3.05, 3.63) is 94.8 Å². The van der Waals surface area contributed by atoms with E-state index in [1.165, 1.54) is 17.1 Å². The van der Waals surface area contributed by atoms with E-state index in [1.54, 1.807) is 13.2 Å². The van der Waals surface area contributed by atoms with Crippen LogP contribution in [0.4, 0.5) is 10.1 Å². The molecule has 2 aliphatic heterocycles. The molecule has 2 N–H and O–H groups in total. The molecular formula is C28H29FN4O3. The molecule has 0 spiro atoms. The molecule has 1 fully saturated rings. The minimum atomic E-state index is -0.425. The second-order valence-corrected chi connectivity index (χ2v) is 9.30. The molecule has 0 radical (unpaired) electrons. The summed E-state index contributed by atoms with van der Waals surface area (Å²) in [6, 6.07) is 20.0. The topological polar surface area (TPSA) is 73.9 Å². The average molecular weight is 489 g/mol. The number of anilines is 1. The van der Waals surface area contributed by atoms with Crippen molar-refractivity contribution in [3.63, 3.8) is 0 Å². The summed E-state index contributed by atoms with van der Waals surface area (Å²) in [5.41, 5.74) is 7.92. The van der Waals surface area contributed by atoms with E-state index in [1.807, 2.05) is 43.3 Å². The maximum Gasteiger partial charge on any atom is 0.244 e. The summed E-state index contributed by atoms with van der Waals surface area (Å²) in [6.07, 6.45) is 0. The number of aryl methyl sites for hydroxylation is 1. The van der Waals surface area contributed by atoms with Gasteiger partial charge in [0.05, 0.1) is 19.1 Å². The number of nitrogens with zero attached hydrogens (tertiary/aromatic N) is 2. The molecule has 7 nitrogen and oxygen atoms in total. The first-order valence-electron chi connectivity index (χ1n) is 12.0. The molecular weight excluding hydrogens is 459 g/mol. The standard InChI is InChI=1S/C28H29FN4O3/c1-18-6-5-7-19(12-18)15-32-16-23-27(22-13-21(29)10-11-24(22)32)31-33(28(23)35)17-26(34)30-14-20-8-3-4-9-25(20)36-2/h3-13,23,27,31H,14-17H2,1-2H3,(H,30,34). The van der Waals surface area contributed by atoms with Crippen LogP contribution in [-0.4, -0.2) is 37.0 Å². The predicted molar refractivity (Wildman–Crippen MR) is 135 cm³/mol. The summed E-state index contributed by atoms with van der Waals surface area (Å²) in [5.74, 6) is -0.558. The lowest BCUT2D eigenvalue weighted by atomic mass is 9.87. The van der Waals surface area contributed by atoms with E-state index in [4.69, 9.17) is 4.74 Å². The van der Waals surface area contributed by atoms with Crippen LogP contribution in [0.25, 0.3) is 0 Å². The number of halogens is 1. The first-order valence-corrected chi connectivity index (χ1v) is 12.0. The second kappa shape index (κ2) is 9.99. The molecule has 2 unspecified atom stereocenters. The van der Waals surface area contributed by atoms with Gasteiger partial charge in [-0.2, -0.15) is 0 Å². The van der Waals surface area contributed by atoms with E-state index < -0.39 is 5.92 Å². The van der Waals surface area contributed by atoms with Gasteiger partial charge >= 0.3 is 0 Å². The van der Waals surface area contributed by atoms with E-state index in [2.05, 4.69) is 27.8 Å². The van der Waals surface area contributed by atoms with E-state index in [0.717, 1.165) is 27.9 Å². The largest absolute Gasteiger partial charge is 0.496 e. The summed E-state index contributed by atoms with van der Waals surface area (Å²) in [4.78, 5) is 28.2. The van der Waals surface area contributed by atoms with Gasteiger partial charge in [0, 0.05) is 30.9 Å². The Labute approximate surface area is 209 Å². The summed E-state index contributed by atoms with van der Waals surface area (Å²) >= 11 is 0. The Kier molecular flexibility index (Phi) is 6.61. The summed E-state index contributed by atoms with van der Waals surface area (Å²) in [7, 11) is 1.58. The highest BCUT2D eigenvalue weighted by Crippen LogP contribution is 2.42. The number of amides is 2. The van der Waals surface area contributed by atoms with Crippen LogP contribution in [-0.2, 0) is 22.7 Å². The zero-order valence-corrected chi connectivity index (χ0v) is 20.3. The molecule has 2 amide bonds. The van der Waals surface area contributed by atoms with Crippen molar-refractivity contribution in [2.24, 2.45) is 5.92 Å². The molecule has 8 heteroatoms. The Balaban J connectivity index is 1.31. The fourth-order valence-electron chi connectivity index (χ4n) is 5.08. The zero-order valence-electron chi connectivity index (χ0n) is 20.3. The molecule has 2 atom stereocenters. The Hall–Kier alpha value is -3.91. The molecule has 2 heterocycles. The number of para-hydroxylation sites is 1. The minimum Gasteiger partial charge on any atom is -0.496 e. The van der Waals surface area contributed by atoms with E-state index in [9.17, 15) is 14.0 Å². The number of ether oxygens (including phenoxy) is 1. The van der Waals surface area contributed by atoms with Gasteiger partial charge in [-0.1, -0.05) is 48.0 Å². The zero-order chi connectivity index (χ0) is 25.2. The van der Waals surface area contributed by atoms with Crippen molar-refractivity contribution in [1.29, 1.82) is 0 Å². The third kappa shape index (κ3) is 4.77. The molecule has 5 rings (SSSR count). The van der Waals surface area contributed by atoms with Gasteiger partial charge in [0.15, 0.2) is 0 Å². The fraction of sp³-hybridized carbons (Fsp3) is 0.286. The highest BCUT2D eigenvalue weighted by molar-refractivity contribution is 5.88. The number of benzene rings is 3. The van der Waals surface area contributed by atoms with Crippen LogP contribution in [0.3, 0.4) is 0 Å². The van der Waals surface area contributed by atoms with Gasteiger partial charge in [-0.15, -0.1) is 0 Å². The number of hydrogen-bond donors (Lipinski definition) is 2. The normalized spacial score (nSPS) is 18.6. The van der Waals surface area contributed by atoms with E-state index in [0.29, 0.717) is 18.8 Å². The Bertz CT molecular complexity index is 1300.